The SMILES string of the molecule is CC1CC(c2ncc3nc(-c4ccc(OC(F)(F)F)cc4)cc-3[nH]2)CCN1.Cl.O. The number of aromatic amines is 1. The van der Waals surface area contributed by atoms with Gasteiger partial charge in [0.2, 0.25) is 0 Å². The van der Waals surface area contributed by atoms with Gasteiger partial charge in [-0.2, -0.15) is 0 Å². The van der Waals surface area contributed by atoms with Crippen molar-refractivity contribution in [3.05, 3.63) is 42.4 Å². The number of aromatic nitrogens is 3. The third-order valence-electron chi connectivity index (χ3n) is 4.78. The van der Waals surface area contributed by atoms with Gasteiger partial charge in [0.25, 0.3) is 0 Å². The average molecular weight is 431 g/mol. The summed E-state index contributed by atoms with van der Waals surface area (Å²) >= 11 is 0. The first-order chi connectivity index (χ1) is 12.9. The summed E-state index contributed by atoms with van der Waals surface area (Å²) in [6.45, 7) is 3.13. The molecule has 4 rings (SSSR count). The number of alkyl halides is 3. The van der Waals surface area contributed by atoms with Crippen LogP contribution in [-0.4, -0.2) is 39.4 Å². The molecule has 0 aromatic heterocycles. The predicted molar refractivity (Wildman–Crippen MR) is 105 cm³/mol. The van der Waals surface area contributed by atoms with E-state index in [0.29, 0.717) is 23.2 Å². The van der Waals surface area contributed by atoms with Gasteiger partial charge in [-0.3, -0.25) is 0 Å². The molecule has 1 fully saturated rings. The third kappa shape index (κ3) is 5.37. The van der Waals surface area contributed by atoms with E-state index in [0.717, 1.165) is 36.6 Å². The fourth-order valence-corrected chi connectivity index (χ4v) is 3.50. The Kier molecular flexibility index (Phi) is 7.10. The van der Waals surface area contributed by atoms with Crippen molar-refractivity contribution in [1.29, 1.82) is 0 Å². The Balaban J connectivity index is 0.00000150. The zero-order valence-electron chi connectivity index (χ0n) is 15.6. The lowest BCUT2D eigenvalue weighted by atomic mass is 9.92. The van der Waals surface area contributed by atoms with E-state index in [1.165, 1.54) is 12.1 Å². The maximum absolute atomic E-state index is 12.3. The maximum atomic E-state index is 12.3. The van der Waals surface area contributed by atoms with Crippen LogP contribution in [0.25, 0.3) is 22.6 Å². The van der Waals surface area contributed by atoms with Crippen LogP contribution in [0.5, 0.6) is 5.75 Å². The van der Waals surface area contributed by atoms with Crippen LogP contribution in [0.2, 0.25) is 0 Å². The lowest BCUT2D eigenvalue weighted by Gasteiger charge is -2.27. The van der Waals surface area contributed by atoms with E-state index in [4.69, 9.17) is 0 Å². The second-order valence-electron chi connectivity index (χ2n) is 6.86. The van der Waals surface area contributed by atoms with Gasteiger partial charge >= 0.3 is 6.36 Å². The molecule has 158 valence electrons. The minimum atomic E-state index is -4.70. The fourth-order valence-electron chi connectivity index (χ4n) is 3.50. The van der Waals surface area contributed by atoms with Gasteiger partial charge < -0.3 is 20.5 Å². The molecule has 1 aromatic carbocycles. The summed E-state index contributed by atoms with van der Waals surface area (Å²) in [7, 11) is 0. The number of ether oxygens (including phenoxy) is 1. The number of H-pyrrole nitrogens is 1. The van der Waals surface area contributed by atoms with Gasteiger partial charge in [-0.05, 0) is 56.6 Å². The molecule has 1 saturated heterocycles. The van der Waals surface area contributed by atoms with Crippen molar-refractivity contribution >= 4 is 12.4 Å². The predicted octanol–water partition coefficient (Wildman–Crippen LogP) is 3.93. The molecule has 2 atom stereocenters. The summed E-state index contributed by atoms with van der Waals surface area (Å²) in [5, 5.41) is 3.43. The fraction of sp³-hybridized carbons (Fsp3) is 0.368. The number of hydrogen-bond donors (Lipinski definition) is 2. The highest BCUT2D eigenvalue weighted by Gasteiger charge is 2.31. The Morgan fingerprint density at radius 3 is 2.52 bits per heavy atom. The van der Waals surface area contributed by atoms with Crippen molar-refractivity contribution in [2.24, 2.45) is 0 Å². The molecule has 3 heterocycles. The van der Waals surface area contributed by atoms with E-state index in [1.807, 2.05) is 6.07 Å². The summed E-state index contributed by atoms with van der Waals surface area (Å²) in [6, 6.07) is 8.04. The average Bonchev–Trinajstić information content (AvgIpc) is 3.04. The first-order valence-corrected chi connectivity index (χ1v) is 8.82. The van der Waals surface area contributed by atoms with E-state index >= 15 is 0 Å². The molecule has 0 saturated carbocycles. The number of piperidine rings is 1. The highest BCUT2D eigenvalue weighted by molar-refractivity contribution is 5.85. The number of fused-ring (bicyclic) bond motifs is 1. The summed E-state index contributed by atoms with van der Waals surface area (Å²) in [5.74, 6) is 1.07. The Morgan fingerprint density at radius 1 is 1.14 bits per heavy atom. The largest absolute Gasteiger partial charge is 0.573 e. The normalized spacial score (nSPS) is 19.3. The van der Waals surface area contributed by atoms with E-state index in [2.05, 4.69) is 31.9 Å². The lowest BCUT2D eigenvalue weighted by molar-refractivity contribution is -0.274. The standard InChI is InChI=1S/C19H19F3N4O.ClH.H2O/c1-11-8-13(6-7-23-11)18-24-10-17-16(26-18)9-15(25-17)12-2-4-14(5-3-12)27-19(20,21)22;;/h2-5,9-11,13,23H,6-8H2,1H3,(H,24,26);1H;1H2. The van der Waals surface area contributed by atoms with Gasteiger partial charge in [-0.25, -0.2) is 9.97 Å². The van der Waals surface area contributed by atoms with Crippen LogP contribution < -0.4 is 10.1 Å². The van der Waals surface area contributed by atoms with Crippen molar-refractivity contribution in [3.8, 4) is 28.4 Å². The van der Waals surface area contributed by atoms with Crippen LogP contribution in [0, 0.1) is 0 Å². The number of nitrogens with one attached hydrogen (secondary N) is 2. The Bertz CT molecular complexity index is 901. The molecule has 0 spiro atoms. The van der Waals surface area contributed by atoms with Gasteiger partial charge in [-0.15, -0.1) is 25.6 Å². The minimum Gasteiger partial charge on any atom is -0.412 e. The highest BCUT2D eigenvalue weighted by atomic mass is 35.5. The van der Waals surface area contributed by atoms with Crippen LogP contribution in [-0.2, 0) is 0 Å². The first-order valence-electron chi connectivity index (χ1n) is 8.82. The molecule has 0 amide bonds. The molecule has 3 aliphatic heterocycles. The Morgan fingerprint density at radius 2 is 1.86 bits per heavy atom. The van der Waals surface area contributed by atoms with E-state index in [-0.39, 0.29) is 23.6 Å². The molecule has 0 bridgehead atoms. The number of halogens is 4. The van der Waals surface area contributed by atoms with Crippen LogP contribution in [0.1, 0.15) is 31.5 Å². The summed E-state index contributed by atoms with van der Waals surface area (Å²) < 4.78 is 40.7. The minimum absolute atomic E-state index is 0. The maximum Gasteiger partial charge on any atom is 0.573 e. The van der Waals surface area contributed by atoms with Crippen LogP contribution in [0.3, 0.4) is 0 Å². The van der Waals surface area contributed by atoms with Crippen molar-refractivity contribution in [3.63, 3.8) is 0 Å². The van der Waals surface area contributed by atoms with Crippen LogP contribution >= 0.6 is 12.4 Å². The molecule has 0 radical (unpaired) electrons. The van der Waals surface area contributed by atoms with Crippen molar-refractivity contribution in [2.75, 3.05) is 6.54 Å². The number of hydrogen-bond acceptors (Lipinski definition) is 4. The lowest BCUT2D eigenvalue weighted by Crippen LogP contribution is -2.35. The third-order valence-corrected chi connectivity index (χ3v) is 4.78. The number of nitrogens with zero attached hydrogens (tertiary/aromatic N) is 2. The summed E-state index contributed by atoms with van der Waals surface area (Å²) in [4.78, 5) is 12.4. The van der Waals surface area contributed by atoms with Gasteiger partial charge in [0.15, 0.2) is 0 Å². The van der Waals surface area contributed by atoms with Gasteiger partial charge in [0, 0.05) is 17.5 Å². The van der Waals surface area contributed by atoms with Crippen molar-refractivity contribution in [1.82, 2.24) is 20.3 Å². The molecule has 4 N–H and O–H groups in total. The second kappa shape index (κ2) is 8.98. The van der Waals surface area contributed by atoms with Crippen LogP contribution in [0.15, 0.2) is 36.5 Å². The van der Waals surface area contributed by atoms with Gasteiger partial charge in [0.05, 0.1) is 17.6 Å². The first kappa shape index (κ1) is 22.9. The zero-order valence-corrected chi connectivity index (χ0v) is 16.4. The molecule has 2 unspecified atom stereocenters. The quantitative estimate of drug-likeness (QED) is 0.658. The molecular weight excluding hydrogens is 409 g/mol. The number of benzene rings is 1. The van der Waals surface area contributed by atoms with Gasteiger partial charge in [-0.1, -0.05) is 0 Å². The van der Waals surface area contributed by atoms with Gasteiger partial charge in [0.1, 0.15) is 17.3 Å². The molecule has 3 aliphatic rings. The van der Waals surface area contributed by atoms with E-state index < -0.39 is 6.36 Å². The molecule has 10 heteroatoms. The van der Waals surface area contributed by atoms with Crippen molar-refractivity contribution < 1.29 is 23.4 Å². The van der Waals surface area contributed by atoms with E-state index in [1.54, 1.807) is 18.3 Å². The molecule has 0 aliphatic carbocycles. The highest BCUT2D eigenvalue weighted by Crippen LogP contribution is 2.32. The molecule has 6 nitrogen and oxygen atoms in total. The van der Waals surface area contributed by atoms with Crippen LogP contribution in [0.4, 0.5) is 13.2 Å². The smallest absolute Gasteiger partial charge is 0.412 e. The second-order valence-corrected chi connectivity index (χ2v) is 6.86. The summed E-state index contributed by atoms with van der Waals surface area (Å²) in [5.41, 5.74) is 2.99. The monoisotopic (exact) mass is 430 g/mol. The number of rotatable bonds is 3. The molecule has 1 aromatic rings. The van der Waals surface area contributed by atoms with E-state index in [9.17, 15) is 13.2 Å². The zero-order chi connectivity index (χ0) is 19.0. The topological polar surface area (TPSA) is 94.3 Å². The summed E-state index contributed by atoms with van der Waals surface area (Å²) in [6.07, 6.45) is -0.895. The Labute approximate surface area is 172 Å². The molecule has 29 heavy (non-hydrogen) atoms. The van der Waals surface area contributed by atoms with Crippen molar-refractivity contribution in [2.45, 2.75) is 38.1 Å². The molecular formula is C19H22ClF3N4O2. The Hall–Kier alpha value is -2.36.